The fraction of sp³-hybridized carbons (Fsp3) is 0.200. The van der Waals surface area contributed by atoms with Gasteiger partial charge < -0.3 is 4.42 Å². The Morgan fingerprint density at radius 3 is 2.67 bits per heavy atom. The van der Waals surface area contributed by atoms with Crippen molar-refractivity contribution in [2.75, 3.05) is 0 Å². The van der Waals surface area contributed by atoms with Crippen LogP contribution < -0.4 is 0 Å². The zero-order valence-electron chi connectivity index (χ0n) is 8.00. The number of nitrogens with zero attached hydrogens (tertiary/aromatic N) is 2. The third-order valence-electron chi connectivity index (χ3n) is 1.92. The number of rotatable bonds is 2. The maximum absolute atomic E-state index is 13.2. The summed E-state index contributed by atoms with van der Waals surface area (Å²) in [5.74, 6) is -0.464. The van der Waals surface area contributed by atoms with Crippen LogP contribution in [0.5, 0.6) is 0 Å². The van der Waals surface area contributed by atoms with E-state index in [1.165, 1.54) is 12.1 Å². The van der Waals surface area contributed by atoms with Crippen LogP contribution in [0.25, 0.3) is 0 Å². The summed E-state index contributed by atoms with van der Waals surface area (Å²) in [5.41, 5.74) is 0.333. The molecular weight excluding hydrogens is 202 g/mol. The van der Waals surface area contributed by atoms with E-state index in [1.54, 1.807) is 6.92 Å². The molecule has 0 aliphatic heterocycles. The molecule has 0 N–H and O–H groups in total. The van der Waals surface area contributed by atoms with Crippen molar-refractivity contribution in [1.82, 2.24) is 10.2 Å². The summed E-state index contributed by atoms with van der Waals surface area (Å²) in [7, 11) is 0. The molecule has 2 rings (SSSR count). The minimum Gasteiger partial charge on any atom is -0.425 e. The predicted molar refractivity (Wildman–Crippen MR) is 48.2 cm³/mol. The van der Waals surface area contributed by atoms with Crippen molar-refractivity contribution in [3.63, 3.8) is 0 Å². The molecule has 0 spiro atoms. The summed E-state index contributed by atoms with van der Waals surface area (Å²) in [6.45, 7) is 1.65. The van der Waals surface area contributed by atoms with Gasteiger partial charge in [-0.3, -0.25) is 0 Å². The first-order valence-corrected chi connectivity index (χ1v) is 4.38. The number of aryl methyl sites for hydroxylation is 1. The quantitative estimate of drug-likeness (QED) is 0.763. The number of hydrogen-bond acceptors (Lipinski definition) is 3. The van der Waals surface area contributed by atoms with Gasteiger partial charge in [-0.25, -0.2) is 8.78 Å². The van der Waals surface area contributed by atoms with Crippen LogP contribution in [0, 0.1) is 18.6 Å². The Kier molecular flexibility index (Phi) is 2.45. The highest BCUT2D eigenvalue weighted by atomic mass is 19.1. The van der Waals surface area contributed by atoms with Gasteiger partial charge in [0.25, 0.3) is 0 Å². The van der Waals surface area contributed by atoms with Gasteiger partial charge in [-0.2, -0.15) is 0 Å². The van der Waals surface area contributed by atoms with Crippen LogP contribution in [-0.4, -0.2) is 10.2 Å². The summed E-state index contributed by atoms with van der Waals surface area (Å²) in [5, 5.41) is 7.34. The Labute approximate surface area is 84.8 Å². The lowest BCUT2D eigenvalue weighted by Gasteiger charge is -1.99. The number of benzene rings is 1. The average molecular weight is 210 g/mol. The third kappa shape index (κ3) is 2.18. The van der Waals surface area contributed by atoms with Crippen LogP contribution >= 0.6 is 0 Å². The highest BCUT2D eigenvalue weighted by molar-refractivity contribution is 5.21. The Bertz CT molecular complexity index is 482. The van der Waals surface area contributed by atoms with E-state index in [4.69, 9.17) is 4.42 Å². The molecular formula is C10H8F2N2O. The van der Waals surface area contributed by atoms with Gasteiger partial charge in [-0.1, -0.05) is 6.07 Å². The first kappa shape index (κ1) is 9.76. The SMILES string of the molecule is Cc1nnc(Cc2ccc(F)cc2F)o1. The van der Waals surface area contributed by atoms with Crippen molar-refractivity contribution in [2.24, 2.45) is 0 Å². The van der Waals surface area contributed by atoms with E-state index >= 15 is 0 Å². The van der Waals surface area contributed by atoms with Crippen molar-refractivity contribution in [1.29, 1.82) is 0 Å². The highest BCUT2D eigenvalue weighted by Gasteiger charge is 2.08. The van der Waals surface area contributed by atoms with Gasteiger partial charge in [0, 0.05) is 13.0 Å². The molecule has 0 amide bonds. The van der Waals surface area contributed by atoms with Crippen LogP contribution in [0.3, 0.4) is 0 Å². The lowest BCUT2D eigenvalue weighted by molar-refractivity contribution is 0.472. The summed E-state index contributed by atoms with van der Waals surface area (Å²) in [4.78, 5) is 0. The number of aromatic nitrogens is 2. The Morgan fingerprint density at radius 2 is 2.07 bits per heavy atom. The number of halogens is 2. The molecule has 0 fully saturated rings. The molecule has 1 aromatic carbocycles. The van der Waals surface area contributed by atoms with Crippen LogP contribution in [0.15, 0.2) is 22.6 Å². The van der Waals surface area contributed by atoms with E-state index < -0.39 is 11.6 Å². The zero-order valence-corrected chi connectivity index (χ0v) is 8.00. The molecule has 3 nitrogen and oxygen atoms in total. The molecule has 0 atom stereocenters. The average Bonchev–Trinajstić information content (AvgIpc) is 2.56. The molecule has 5 heteroatoms. The molecule has 1 heterocycles. The van der Waals surface area contributed by atoms with E-state index in [2.05, 4.69) is 10.2 Å². The maximum atomic E-state index is 13.2. The first-order chi connectivity index (χ1) is 7.15. The molecule has 78 valence electrons. The van der Waals surface area contributed by atoms with Gasteiger partial charge in [0.2, 0.25) is 11.8 Å². The lowest BCUT2D eigenvalue weighted by Crippen LogP contribution is -1.93. The second-order valence-corrected chi connectivity index (χ2v) is 3.13. The van der Waals surface area contributed by atoms with Crippen LogP contribution in [0.4, 0.5) is 8.78 Å². The topological polar surface area (TPSA) is 38.9 Å². The van der Waals surface area contributed by atoms with Crippen molar-refractivity contribution < 1.29 is 13.2 Å². The van der Waals surface area contributed by atoms with Crippen molar-refractivity contribution in [3.8, 4) is 0 Å². The number of hydrogen-bond donors (Lipinski definition) is 0. The Balaban J connectivity index is 2.24. The first-order valence-electron chi connectivity index (χ1n) is 4.38. The highest BCUT2D eigenvalue weighted by Crippen LogP contribution is 2.13. The van der Waals surface area contributed by atoms with Gasteiger partial charge in [-0.15, -0.1) is 10.2 Å². The standard InChI is InChI=1S/C10H8F2N2O/c1-6-13-14-10(15-6)4-7-2-3-8(11)5-9(7)12/h2-3,5H,4H2,1H3. The molecule has 0 saturated heterocycles. The normalized spacial score (nSPS) is 10.6. The van der Waals surface area contributed by atoms with Gasteiger partial charge in [0.15, 0.2) is 0 Å². The largest absolute Gasteiger partial charge is 0.425 e. The summed E-state index contributed by atoms with van der Waals surface area (Å²) in [6, 6.07) is 3.39. The zero-order chi connectivity index (χ0) is 10.8. The Hall–Kier alpha value is -1.78. The molecule has 0 aliphatic carbocycles. The van der Waals surface area contributed by atoms with Gasteiger partial charge in [-0.05, 0) is 11.6 Å². The smallest absolute Gasteiger partial charge is 0.221 e. The summed E-state index contributed by atoms with van der Waals surface area (Å²) in [6.07, 6.45) is 0.174. The van der Waals surface area contributed by atoms with E-state index in [1.807, 2.05) is 0 Å². The van der Waals surface area contributed by atoms with Crippen LogP contribution in [0.2, 0.25) is 0 Å². The van der Waals surface area contributed by atoms with Gasteiger partial charge in [0.1, 0.15) is 11.6 Å². The third-order valence-corrected chi connectivity index (χ3v) is 1.92. The van der Waals surface area contributed by atoms with Gasteiger partial charge in [0.05, 0.1) is 6.42 Å². The fourth-order valence-corrected chi connectivity index (χ4v) is 1.24. The molecule has 15 heavy (non-hydrogen) atoms. The van der Waals surface area contributed by atoms with Crippen molar-refractivity contribution in [2.45, 2.75) is 13.3 Å². The molecule has 0 saturated carbocycles. The molecule has 0 radical (unpaired) electrons. The molecule has 0 aliphatic rings. The minimum absolute atomic E-state index is 0.174. The van der Waals surface area contributed by atoms with E-state index in [-0.39, 0.29) is 6.42 Å². The molecule has 1 aromatic heterocycles. The van der Waals surface area contributed by atoms with E-state index in [0.29, 0.717) is 17.3 Å². The van der Waals surface area contributed by atoms with E-state index in [0.717, 1.165) is 6.07 Å². The van der Waals surface area contributed by atoms with E-state index in [9.17, 15) is 8.78 Å². The molecule has 2 aromatic rings. The lowest BCUT2D eigenvalue weighted by atomic mass is 10.1. The maximum Gasteiger partial charge on any atom is 0.221 e. The van der Waals surface area contributed by atoms with Crippen molar-refractivity contribution in [3.05, 3.63) is 47.2 Å². The second kappa shape index (κ2) is 3.76. The fourth-order valence-electron chi connectivity index (χ4n) is 1.24. The Morgan fingerprint density at radius 1 is 1.27 bits per heavy atom. The second-order valence-electron chi connectivity index (χ2n) is 3.13. The van der Waals surface area contributed by atoms with Gasteiger partial charge >= 0.3 is 0 Å². The molecule has 0 bridgehead atoms. The van der Waals surface area contributed by atoms with Crippen LogP contribution in [0.1, 0.15) is 17.3 Å². The summed E-state index contributed by atoms with van der Waals surface area (Å²) >= 11 is 0. The van der Waals surface area contributed by atoms with Crippen LogP contribution in [-0.2, 0) is 6.42 Å². The predicted octanol–water partition coefficient (Wildman–Crippen LogP) is 2.25. The monoisotopic (exact) mass is 210 g/mol. The summed E-state index contributed by atoms with van der Waals surface area (Å²) < 4.78 is 30.9. The minimum atomic E-state index is -0.606. The van der Waals surface area contributed by atoms with Crippen molar-refractivity contribution >= 4 is 0 Å². The molecule has 0 unspecified atom stereocenters.